The van der Waals surface area contributed by atoms with E-state index in [0.717, 1.165) is 24.6 Å². The zero-order valence-corrected chi connectivity index (χ0v) is 12.0. The summed E-state index contributed by atoms with van der Waals surface area (Å²) in [5, 5.41) is 0. The molecule has 0 radical (unpaired) electrons. The number of halogens is 3. The Hall–Kier alpha value is -0.813. The van der Waals surface area contributed by atoms with E-state index in [9.17, 15) is 13.2 Å². The van der Waals surface area contributed by atoms with Crippen molar-refractivity contribution < 1.29 is 17.6 Å². The summed E-state index contributed by atoms with van der Waals surface area (Å²) in [7, 11) is -1.66. The largest absolute Gasteiger partial charge is 0.418 e. The maximum absolute atomic E-state index is 13.0. The molecular formula is C13H19F3OSi. The lowest BCUT2D eigenvalue weighted by Gasteiger charge is -2.21. The van der Waals surface area contributed by atoms with Gasteiger partial charge in [-0.15, -0.1) is 0 Å². The van der Waals surface area contributed by atoms with Crippen LogP contribution in [0.25, 0.3) is 0 Å². The van der Waals surface area contributed by atoms with E-state index in [1.165, 1.54) is 0 Å². The molecular weight excluding hydrogens is 257 g/mol. The minimum absolute atomic E-state index is 0.493. The highest BCUT2D eigenvalue weighted by Crippen LogP contribution is 2.19. The molecule has 1 aromatic carbocycles. The summed E-state index contributed by atoms with van der Waals surface area (Å²) in [4.78, 5) is 0. The second-order valence-electron chi connectivity index (χ2n) is 4.92. The highest BCUT2D eigenvalue weighted by atomic mass is 28.4. The molecule has 0 aliphatic rings. The van der Waals surface area contributed by atoms with Crippen LogP contribution < -0.4 is 0 Å². The number of benzene rings is 1. The number of hydrogen-bond donors (Lipinski definition) is 0. The molecule has 0 bridgehead atoms. The molecule has 0 N–H and O–H groups in total. The number of aryl methyl sites for hydroxylation is 1. The number of rotatable bonds is 6. The molecule has 0 aliphatic heterocycles. The van der Waals surface area contributed by atoms with Crippen molar-refractivity contribution in [2.24, 2.45) is 0 Å². The van der Waals surface area contributed by atoms with Crippen molar-refractivity contribution in [3.63, 3.8) is 0 Å². The summed E-state index contributed by atoms with van der Waals surface area (Å²) in [5.74, 6) is -3.64. The quantitative estimate of drug-likeness (QED) is 0.556. The van der Waals surface area contributed by atoms with Crippen LogP contribution in [-0.4, -0.2) is 14.9 Å². The number of hydrogen-bond acceptors (Lipinski definition) is 1. The van der Waals surface area contributed by atoms with E-state index in [1.807, 2.05) is 6.92 Å². The SMILES string of the molecule is CCO[Si](C)(C)CCCc1cc(F)c(F)c(F)c1. The molecule has 0 saturated carbocycles. The van der Waals surface area contributed by atoms with Crippen molar-refractivity contribution >= 4 is 8.32 Å². The van der Waals surface area contributed by atoms with Crippen molar-refractivity contribution in [2.45, 2.75) is 38.9 Å². The molecule has 0 aliphatic carbocycles. The van der Waals surface area contributed by atoms with Crippen molar-refractivity contribution in [3.8, 4) is 0 Å². The van der Waals surface area contributed by atoms with E-state index in [0.29, 0.717) is 18.6 Å². The van der Waals surface area contributed by atoms with Gasteiger partial charge in [0.15, 0.2) is 25.8 Å². The first-order valence-electron chi connectivity index (χ1n) is 6.13. The second kappa shape index (κ2) is 6.38. The fourth-order valence-electron chi connectivity index (χ4n) is 1.93. The van der Waals surface area contributed by atoms with Crippen LogP contribution in [0.5, 0.6) is 0 Å². The maximum Gasteiger partial charge on any atom is 0.194 e. The van der Waals surface area contributed by atoms with E-state index < -0.39 is 25.8 Å². The Labute approximate surface area is 107 Å². The second-order valence-corrected chi connectivity index (χ2v) is 9.23. The molecule has 0 saturated heterocycles. The van der Waals surface area contributed by atoms with Gasteiger partial charge in [0, 0.05) is 6.61 Å². The normalized spacial score (nSPS) is 11.9. The molecule has 5 heteroatoms. The molecule has 1 aromatic rings. The first kappa shape index (κ1) is 15.2. The van der Waals surface area contributed by atoms with Crippen LogP contribution in [0.15, 0.2) is 12.1 Å². The summed E-state index contributed by atoms with van der Waals surface area (Å²) < 4.78 is 44.4. The van der Waals surface area contributed by atoms with Gasteiger partial charge in [-0.3, -0.25) is 0 Å². The standard InChI is InChI=1S/C13H19F3OSi/c1-4-17-18(2,3)7-5-6-10-8-11(14)13(16)12(15)9-10/h8-9H,4-7H2,1-3H3. The van der Waals surface area contributed by atoms with Gasteiger partial charge < -0.3 is 4.43 Å². The van der Waals surface area contributed by atoms with Crippen molar-refractivity contribution in [3.05, 3.63) is 35.1 Å². The first-order valence-corrected chi connectivity index (χ1v) is 9.24. The van der Waals surface area contributed by atoms with Gasteiger partial charge in [-0.1, -0.05) is 0 Å². The van der Waals surface area contributed by atoms with Gasteiger partial charge in [0.25, 0.3) is 0 Å². The molecule has 0 amide bonds. The first-order chi connectivity index (χ1) is 8.35. The third kappa shape index (κ3) is 4.46. The Morgan fingerprint density at radius 3 is 2.17 bits per heavy atom. The molecule has 18 heavy (non-hydrogen) atoms. The van der Waals surface area contributed by atoms with Gasteiger partial charge in [0.2, 0.25) is 0 Å². The lowest BCUT2D eigenvalue weighted by atomic mass is 10.1. The smallest absolute Gasteiger partial charge is 0.194 e. The fourth-order valence-corrected chi connectivity index (χ4v) is 3.89. The summed E-state index contributed by atoms with van der Waals surface area (Å²) in [6.07, 6.45) is 1.33. The van der Waals surface area contributed by atoms with Gasteiger partial charge in [-0.2, -0.15) is 0 Å². The average Bonchev–Trinajstić information content (AvgIpc) is 2.25. The summed E-state index contributed by atoms with van der Waals surface area (Å²) in [6, 6.07) is 3.04. The predicted octanol–water partition coefficient (Wildman–Crippen LogP) is 4.28. The monoisotopic (exact) mass is 276 g/mol. The lowest BCUT2D eigenvalue weighted by Crippen LogP contribution is -2.30. The summed E-state index contributed by atoms with van der Waals surface area (Å²) >= 11 is 0. The molecule has 0 spiro atoms. The Bertz CT molecular complexity index is 384. The van der Waals surface area contributed by atoms with E-state index in [1.54, 1.807) is 0 Å². The average molecular weight is 276 g/mol. The van der Waals surface area contributed by atoms with Gasteiger partial charge in [-0.25, -0.2) is 13.2 Å². The van der Waals surface area contributed by atoms with Crippen LogP contribution >= 0.6 is 0 Å². The molecule has 0 aromatic heterocycles. The summed E-state index contributed by atoms with van der Waals surface area (Å²) in [5.41, 5.74) is 0.493. The summed E-state index contributed by atoms with van der Waals surface area (Å²) in [6.45, 7) is 6.88. The van der Waals surface area contributed by atoms with E-state index in [4.69, 9.17) is 4.43 Å². The minimum Gasteiger partial charge on any atom is -0.418 e. The van der Waals surface area contributed by atoms with E-state index in [2.05, 4.69) is 13.1 Å². The van der Waals surface area contributed by atoms with Crippen LogP contribution in [0.1, 0.15) is 18.9 Å². The minimum atomic E-state index is -1.66. The maximum atomic E-state index is 13.0. The third-order valence-electron chi connectivity index (χ3n) is 2.82. The molecule has 1 nitrogen and oxygen atoms in total. The van der Waals surface area contributed by atoms with Crippen LogP contribution in [-0.2, 0) is 10.8 Å². The molecule has 102 valence electrons. The molecule has 0 unspecified atom stereocenters. The Morgan fingerprint density at radius 1 is 1.11 bits per heavy atom. The van der Waals surface area contributed by atoms with Gasteiger partial charge in [0.05, 0.1) is 0 Å². The lowest BCUT2D eigenvalue weighted by molar-refractivity contribution is 0.328. The van der Waals surface area contributed by atoms with Crippen molar-refractivity contribution in [1.29, 1.82) is 0 Å². The van der Waals surface area contributed by atoms with Crippen LogP contribution in [0.2, 0.25) is 19.1 Å². The van der Waals surface area contributed by atoms with E-state index in [-0.39, 0.29) is 0 Å². The molecule has 0 heterocycles. The topological polar surface area (TPSA) is 9.23 Å². The van der Waals surface area contributed by atoms with Crippen LogP contribution in [0.4, 0.5) is 13.2 Å². The molecule has 0 fully saturated rings. The Balaban J connectivity index is 2.54. The van der Waals surface area contributed by atoms with Crippen molar-refractivity contribution in [1.82, 2.24) is 0 Å². The molecule has 0 atom stereocenters. The molecule has 1 rings (SSSR count). The van der Waals surface area contributed by atoms with Gasteiger partial charge in [-0.05, 0) is 56.6 Å². The Morgan fingerprint density at radius 2 is 1.67 bits per heavy atom. The van der Waals surface area contributed by atoms with Gasteiger partial charge in [0.1, 0.15) is 0 Å². The van der Waals surface area contributed by atoms with Crippen molar-refractivity contribution in [2.75, 3.05) is 6.61 Å². The fraction of sp³-hybridized carbons (Fsp3) is 0.538. The van der Waals surface area contributed by atoms with E-state index >= 15 is 0 Å². The van der Waals surface area contributed by atoms with Crippen LogP contribution in [0.3, 0.4) is 0 Å². The Kier molecular flexibility index (Phi) is 5.41. The predicted molar refractivity (Wildman–Crippen MR) is 68.6 cm³/mol. The zero-order valence-electron chi connectivity index (χ0n) is 11.0. The third-order valence-corrected chi connectivity index (χ3v) is 5.45. The zero-order chi connectivity index (χ0) is 13.8. The highest BCUT2D eigenvalue weighted by Gasteiger charge is 2.21. The highest BCUT2D eigenvalue weighted by molar-refractivity contribution is 6.71. The van der Waals surface area contributed by atoms with Crippen LogP contribution in [0, 0.1) is 17.5 Å². The van der Waals surface area contributed by atoms with Gasteiger partial charge >= 0.3 is 0 Å².